The van der Waals surface area contributed by atoms with Crippen LogP contribution in [0.3, 0.4) is 0 Å². The standard InChI is InChI=1S/C20H26N2O/c1-16-8-10-17(11-9-16)20(12-5-13-20)19(23)7-4-2-3-6-18-14-21-15-22-18/h8-11,14-15H,2-7,12-13H2,1H3,(H,21,22). The van der Waals surface area contributed by atoms with Crippen LogP contribution < -0.4 is 0 Å². The van der Waals surface area contributed by atoms with Crippen molar-refractivity contribution in [3.05, 3.63) is 53.6 Å². The maximum atomic E-state index is 12.8. The fraction of sp³-hybridized carbons (Fsp3) is 0.500. The first-order chi connectivity index (χ1) is 11.2. The lowest BCUT2D eigenvalue weighted by molar-refractivity contribution is -0.127. The number of benzene rings is 1. The molecule has 0 atom stereocenters. The van der Waals surface area contributed by atoms with Crippen molar-refractivity contribution >= 4 is 5.78 Å². The van der Waals surface area contributed by atoms with Crippen LogP contribution in [0, 0.1) is 6.92 Å². The van der Waals surface area contributed by atoms with Gasteiger partial charge in [-0.15, -0.1) is 0 Å². The van der Waals surface area contributed by atoms with Crippen molar-refractivity contribution in [2.75, 3.05) is 0 Å². The molecule has 0 radical (unpaired) electrons. The molecule has 1 saturated carbocycles. The van der Waals surface area contributed by atoms with Gasteiger partial charge in [0.1, 0.15) is 5.78 Å². The van der Waals surface area contributed by atoms with E-state index < -0.39 is 0 Å². The van der Waals surface area contributed by atoms with E-state index in [2.05, 4.69) is 41.2 Å². The van der Waals surface area contributed by atoms with Gasteiger partial charge in [0.25, 0.3) is 0 Å². The lowest BCUT2D eigenvalue weighted by Gasteiger charge is -2.41. The van der Waals surface area contributed by atoms with Crippen LogP contribution >= 0.6 is 0 Å². The number of unbranched alkanes of at least 4 members (excludes halogenated alkanes) is 2. The third-order valence-corrected chi connectivity index (χ3v) is 5.25. The molecule has 3 rings (SSSR count). The van der Waals surface area contributed by atoms with Gasteiger partial charge in [-0.3, -0.25) is 4.79 Å². The maximum Gasteiger partial charge on any atom is 0.143 e. The summed E-state index contributed by atoms with van der Waals surface area (Å²) in [4.78, 5) is 20.0. The Balaban J connectivity index is 1.49. The highest BCUT2D eigenvalue weighted by Crippen LogP contribution is 2.45. The van der Waals surface area contributed by atoms with Crippen molar-refractivity contribution in [2.45, 2.75) is 63.7 Å². The first kappa shape index (κ1) is 16.0. The number of nitrogens with zero attached hydrogens (tertiary/aromatic N) is 1. The zero-order valence-electron chi connectivity index (χ0n) is 14.0. The van der Waals surface area contributed by atoms with Gasteiger partial charge >= 0.3 is 0 Å². The second-order valence-electron chi connectivity index (χ2n) is 6.86. The lowest BCUT2D eigenvalue weighted by Crippen LogP contribution is -2.42. The SMILES string of the molecule is Cc1ccc(C2(C(=O)CCCCCc3cnc[nH]3)CCC2)cc1. The Bertz CT molecular complexity index is 624. The third-order valence-electron chi connectivity index (χ3n) is 5.25. The summed E-state index contributed by atoms with van der Waals surface area (Å²) in [6.07, 6.45) is 11.8. The second kappa shape index (κ2) is 7.12. The predicted octanol–water partition coefficient (Wildman–Crippen LogP) is 4.51. The zero-order chi connectivity index (χ0) is 16.1. The molecule has 0 spiro atoms. The second-order valence-corrected chi connectivity index (χ2v) is 6.86. The summed E-state index contributed by atoms with van der Waals surface area (Å²) >= 11 is 0. The molecular formula is C20H26N2O. The molecule has 3 nitrogen and oxygen atoms in total. The fourth-order valence-electron chi connectivity index (χ4n) is 3.57. The topological polar surface area (TPSA) is 45.8 Å². The Labute approximate surface area is 138 Å². The van der Waals surface area contributed by atoms with Crippen LogP contribution in [0.15, 0.2) is 36.8 Å². The number of hydrogen-bond donors (Lipinski definition) is 1. The summed E-state index contributed by atoms with van der Waals surface area (Å²) in [6, 6.07) is 8.58. The van der Waals surface area contributed by atoms with Crippen molar-refractivity contribution in [3.8, 4) is 0 Å². The molecule has 122 valence electrons. The molecule has 1 aromatic heterocycles. The number of aromatic nitrogens is 2. The van der Waals surface area contributed by atoms with Crippen molar-refractivity contribution < 1.29 is 4.79 Å². The molecule has 3 heteroatoms. The Hall–Kier alpha value is -1.90. The van der Waals surface area contributed by atoms with E-state index in [1.54, 1.807) is 6.33 Å². The quantitative estimate of drug-likeness (QED) is 0.729. The molecule has 0 bridgehead atoms. The van der Waals surface area contributed by atoms with E-state index in [4.69, 9.17) is 0 Å². The van der Waals surface area contributed by atoms with Crippen molar-refractivity contribution in [1.29, 1.82) is 0 Å². The molecule has 0 aliphatic heterocycles. The Morgan fingerprint density at radius 2 is 1.96 bits per heavy atom. The number of hydrogen-bond acceptors (Lipinski definition) is 2. The molecular weight excluding hydrogens is 284 g/mol. The van der Waals surface area contributed by atoms with E-state index in [1.165, 1.54) is 23.2 Å². The molecule has 0 amide bonds. The van der Waals surface area contributed by atoms with Gasteiger partial charge in [0, 0.05) is 18.3 Å². The molecule has 0 saturated heterocycles. The maximum absolute atomic E-state index is 12.8. The van der Waals surface area contributed by atoms with Gasteiger partial charge in [-0.2, -0.15) is 0 Å². The number of H-pyrrole nitrogens is 1. The normalized spacial score (nSPS) is 16.0. The molecule has 0 unspecified atom stereocenters. The summed E-state index contributed by atoms with van der Waals surface area (Å²) in [7, 11) is 0. The number of carbonyl (C=O) groups excluding carboxylic acids is 1. The Kier molecular flexibility index (Phi) is 4.94. The molecule has 2 aromatic rings. The van der Waals surface area contributed by atoms with Crippen LogP contribution in [0.25, 0.3) is 0 Å². The minimum Gasteiger partial charge on any atom is -0.348 e. The van der Waals surface area contributed by atoms with E-state index in [1.807, 2.05) is 6.20 Å². The summed E-state index contributed by atoms with van der Waals surface area (Å²) < 4.78 is 0. The molecule has 1 fully saturated rings. The highest BCUT2D eigenvalue weighted by molar-refractivity contribution is 5.91. The van der Waals surface area contributed by atoms with Crippen molar-refractivity contribution in [1.82, 2.24) is 9.97 Å². The monoisotopic (exact) mass is 310 g/mol. The van der Waals surface area contributed by atoms with Crippen LogP contribution in [0.1, 0.15) is 61.8 Å². The Morgan fingerprint density at radius 3 is 2.57 bits per heavy atom. The summed E-state index contributed by atoms with van der Waals surface area (Å²) in [5.74, 6) is 0.453. The van der Waals surface area contributed by atoms with E-state index >= 15 is 0 Å². The van der Waals surface area contributed by atoms with Crippen molar-refractivity contribution in [3.63, 3.8) is 0 Å². The fourth-order valence-corrected chi connectivity index (χ4v) is 3.57. The van der Waals surface area contributed by atoms with E-state index in [0.717, 1.165) is 44.9 Å². The molecule has 1 aliphatic rings. The van der Waals surface area contributed by atoms with Gasteiger partial charge < -0.3 is 4.98 Å². The van der Waals surface area contributed by atoms with Gasteiger partial charge in [-0.25, -0.2) is 4.98 Å². The third kappa shape index (κ3) is 3.54. The molecule has 23 heavy (non-hydrogen) atoms. The largest absolute Gasteiger partial charge is 0.348 e. The zero-order valence-corrected chi connectivity index (χ0v) is 14.0. The van der Waals surface area contributed by atoms with Crippen molar-refractivity contribution in [2.24, 2.45) is 0 Å². The van der Waals surface area contributed by atoms with Crippen LogP contribution in [-0.2, 0) is 16.6 Å². The average Bonchev–Trinajstić information content (AvgIpc) is 3.01. The lowest BCUT2D eigenvalue weighted by atomic mass is 9.61. The van der Waals surface area contributed by atoms with Gasteiger partial charge in [0.2, 0.25) is 0 Å². The number of aromatic amines is 1. The van der Waals surface area contributed by atoms with E-state index in [0.29, 0.717) is 5.78 Å². The average molecular weight is 310 g/mol. The number of Topliss-reactive ketones (excluding diaryl/α,β-unsaturated/α-hetero) is 1. The minimum absolute atomic E-state index is 0.170. The predicted molar refractivity (Wildman–Crippen MR) is 92.5 cm³/mol. The van der Waals surface area contributed by atoms with Gasteiger partial charge in [-0.05, 0) is 44.6 Å². The highest BCUT2D eigenvalue weighted by Gasteiger charge is 2.44. The first-order valence-electron chi connectivity index (χ1n) is 8.78. The Morgan fingerprint density at radius 1 is 1.17 bits per heavy atom. The minimum atomic E-state index is -0.170. The van der Waals surface area contributed by atoms with Crippen LogP contribution in [0.4, 0.5) is 0 Å². The van der Waals surface area contributed by atoms with E-state index in [9.17, 15) is 4.79 Å². The molecule has 1 N–H and O–H groups in total. The van der Waals surface area contributed by atoms with Gasteiger partial charge in [-0.1, -0.05) is 42.7 Å². The smallest absolute Gasteiger partial charge is 0.143 e. The number of ketones is 1. The van der Waals surface area contributed by atoms with Crippen LogP contribution in [0.5, 0.6) is 0 Å². The summed E-state index contributed by atoms with van der Waals surface area (Å²) in [6.45, 7) is 2.10. The number of carbonyl (C=O) groups is 1. The first-order valence-corrected chi connectivity index (χ1v) is 8.78. The van der Waals surface area contributed by atoms with E-state index in [-0.39, 0.29) is 5.41 Å². The van der Waals surface area contributed by atoms with Gasteiger partial charge in [0.15, 0.2) is 0 Å². The molecule has 1 heterocycles. The summed E-state index contributed by atoms with van der Waals surface area (Å²) in [5, 5.41) is 0. The van der Waals surface area contributed by atoms with Crippen LogP contribution in [-0.4, -0.2) is 15.8 Å². The highest BCUT2D eigenvalue weighted by atomic mass is 16.1. The molecule has 1 aromatic carbocycles. The number of aryl methyl sites for hydroxylation is 2. The number of nitrogens with one attached hydrogen (secondary N) is 1. The summed E-state index contributed by atoms with van der Waals surface area (Å²) in [5.41, 5.74) is 3.51. The molecule has 1 aliphatic carbocycles. The van der Waals surface area contributed by atoms with Gasteiger partial charge in [0.05, 0.1) is 11.7 Å². The number of rotatable bonds is 8. The van der Waals surface area contributed by atoms with Crippen LogP contribution in [0.2, 0.25) is 0 Å². The number of imidazole rings is 1.